The van der Waals surface area contributed by atoms with Crippen LogP contribution in [0.2, 0.25) is 5.15 Å². The molecule has 1 aromatic carbocycles. The van der Waals surface area contributed by atoms with E-state index in [1.54, 1.807) is 0 Å². The van der Waals surface area contributed by atoms with Crippen LogP contribution in [-0.2, 0) is 15.6 Å². The quantitative estimate of drug-likeness (QED) is 0.811. The number of aliphatic imine (C=N–C) groups is 1. The Morgan fingerprint density at radius 3 is 2.68 bits per heavy atom. The van der Waals surface area contributed by atoms with E-state index in [9.17, 15) is 17.2 Å². The SMILES string of the molecule is CN1C(N)=N[C@](C)(c2cc(/C=C(\F)c3cnc(Cl)cn3)ccc2F)CS1(=O)=O. The topological polar surface area (TPSA) is 102 Å². The van der Waals surface area contributed by atoms with E-state index in [1.165, 1.54) is 32.3 Å². The summed E-state index contributed by atoms with van der Waals surface area (Å²) in [6.45, 7) is 1.46. The normalized spacial score (nSPS) is 22.1. The fraction of sp³-hybridized carbons (Fsp3) is 0.235. The van der Waals surface area contributed by atoms with E-state index in [4.69, 9.17) is 17.3 Å². The lowest BCUT2D eigenvalue weighted by Gasteiger charge is -2.34. The van der Waals surface area contributed by atoms with Crippen molar-refractivity contribution in [3.05, 3.63) is 58.4 Å². The summed E-state index contributed by atoms with van der Waals surface area (Å²) in [5, 5.41) is 0.118. The fourth-order valence-electron chi connectivity index (χ4n) is 2.79. The smallest absolute Gasteiger partial charge is 0.239 e. The Balaban J connectivity index is 2.05. The highest BCUT2D eigenvalue weighted by Crippen LogP contribution is 2.34. The van der Waals surface area contributed by atoms with Gasteiger partial charge in [0.25, 0.3) is 0 Å². The molecule has 11 heteroatoms. The maximum absolute atomic E-state index is 14.5. The number of nitrogens with zero attached hydrogens (tertiary/aromatic N) is 4. The zero-order chi connectivity index (χ0) is 20.7. The molecule has 0 saturated carbocycles. The summed E-state index contributed by atoms with van der Waals surface area (Å²) in [4.78, 5) is 11.7. The van der Waals surface area contributed by atoms with E-state index in [0.29, 0.717) is 0 Å². The molecule has 0 bridgehead atoms. The number of sulfonamides is 1. The van der Waals surface area contributed by atoms with Gasteiger partial charge in [0.15, 0.2) is 5.83 Å². The zero-order valence-corrected chi connectivity index (χ0v) is 16.5. The van der Waals surface area contributed by atoms with E-state index in [0.717, 1.165) is 22.6 Å². The number of hydrogen-bond acceptors (Lipinski definition) is 6. The van der Waals surface area contributed by atoms with Gasteiger partial charge < -0.3 is 5.73 Å². The molecule has 2 heterocycles. The number of rotatable bonds is 3. The summed E-state index contributed by atoms with van der Waals surface area (Å²) in [7, 11) is -2.51. The molecule has 2 aromatic rings. The molecule has 3 rings (SSSR count). The van der Waals surface area contributed by atoms with Crippen LogP contribution in [-0.4, -0.2) is 41.5 Å². The Labute approximate surface area is 165 Å². The van der Waals surface area contributed by atoms with Gasteiger partial charge in [0.1, 0.15) is 22.2 Å². The van der Waals surface area contributed by atoms with E-state index < -0.39 is 33.0 Å². The van der Waals surface area contributed by atoms with E-state index in [2.05, 4.69) is 15.0 Å². The second kappa shape index (κ2) is 7.10. The third kappa shape index (κ3) is 3.83. The Morgan fingerprint density at radius 1 is 1.36 bits per heavy atom. The summed E-state index contributed by atoms with van der Waals surface area (Å²) in [6.07, 6.45) is 3.48. The van der Waals surface area contributed by atoms with Gasteiger partial charge in [-0.2, -0.15) is 0 Å². The third-order valence-corrected chi connectivity index (χ3v) is 6.44. The molecule has 148 valence electrons. The van der Waals surface area contributed by atoms with E-state index in [-0.39, 0.29) is 27.9 Å². The highest BCUT2D eigenvalue weighted by Gasteiger charge is 2.41. The van der Waals surface area contributed by atoms with Crippen molar-refractivity contribution in [3.63, 3.8) is 0 Å². The van der Waals surface area contributed by atoms with Crippen LogP contribution in [0.4, 0.5) is 8.78 Å². The van der Waals surface area contributed by atoms with Crippen molar-refractivity contribution in [2.24, 2.45) is 10.7 Å². The van der Waals surface area contributed by atoms with E-state index >= 15 is 0 Å². The highest BCUT2D eigenvalue weighted by molar-refractivity contribution is 7.89. The summed E-state index contributed by atoms with van der Waals surface area (Å²) in [5.41, 5.74) is 4.46. The first-order valence-corrected chi connectivity index (χ1v) is 9.98. The molecule has 0 spiro atoms. The van der Waals surface area contributed by atoms with Crippen molar-refractivity contribution in [2.75, 3.05) is 12.8 Å². The van der Waals surface area contributed by atoms with Gasteiger partial charge >= 0.3 is 0 Å². The number of halogens is 3. The summed E-state index contributed by atoms with van der Waals surface area (Å²) in [5.74, 6) is -2.13. The molecule has 2 N–H and O–H groups in total. The van der Waals surface area contributed by atoms with Crippen LogP contribution in [0.3, 0.4) is 0 Å². The largest absolute Gasteiger partial charge is 0.369 e. The van der Waals surface area contributed by atoms with Gasteiger partial charge in [-0.3, -0.25) is 0 Å². The molecular formula is C17H16ClF2N5O2S. The molecule has 1 aliphatic heterocycles. The minimum Gasteiger partial charge on any atom is -0.369 e. The van der Waals surface area contributed by atoms with Gasteiger partial charge in [-0.25, -0.2) is 36.5 Å². The molecule has 0 aliphatic carbocycles. The van der Waals surface area contributed by atoms with Gasteiger partial charge in [0.2, 0.25) is 16.0 Å². The maximum atomic E-state index is 14.5. The molecule has 0 unspecified atom stereocenters. The lowest BCUT2D eigenvalue weighted by molar-refractivity contribution is 0.458. The lowest BCUT2D eigenvalue weighted by Crippen LogP contribution is -2.50. The minimum absolute atomic E-state index is 0.0177. The van der Waals surface area contributed by atoms with Crippen LogP contribution in [0.1, 0.15) is 23.7 Å². The van der Waals surface area contributed by atoms with Crippen molar-refractivity contribution in [1.29, 1.82) is 0 Å². The number of benzene rings is 1. The predicted octanol–water partition coefficient (Wildman–Crippen LogP) is 2.54. The summed E-state index contributed by atoms with van der Waals surface area (Å²) in [6, 6.07) is 3.79. The van der Waals surface area contributed by atoms with Crippen LogP contribution in [0, 0.1) is 5.82 Å². The van der Waals surface area contributed by atoms with Gasteiger partial charge in [-0.15, -0.1) is 0 Å². The van der Waals surface area contributed by atoms with Crippen molar-refractivity contribution >= 4 is 39.5 Å². The Morgan fingerprint density at radius 2 is 2.07 bits per heavy atom. The molecule has 0 amide bonds. The second-order valence-corrected chi connectivity index (χ2v) is 8.81. The Hall–Kier alpha value is -2.59. The Bertz CT molecular complexity index is 1090. The molecule has 0 radical (unpaired) electrons. The first-order chi connectivity index (χ1) is 13.0. The fourth-order valence-corrected chi connectivity index (χ4v) is 4.34. The van der Waals surface area contributed by atoms with Crippen molar-refractivity contribution in [2.45, 2.75) is 12.5 Å². The first-order valence-electron chi connectivity index (χ1n) is 7.99. The number of nitrogens with two attached hydrogens (primary N) is 1. The van der Waals surface area contributed by atoms with Gasteiger partial charge in [0, 0.05) is 12.6 Å². The zero-order valence-electron chi connectivity index (χ0n) is 14.9. The van der Waals surface area contributed by atoms with Crippen LogP contribution >= 0.6 is 11.6 Å². The Kier molecular flexibility index (Phi) is 5.11. The average Bonchev–Trinajstić information content (AvgIpc) is 2.61. The van der Waals surface area contributed by atoms with Crippen LogP contribution in [0.5, 0.6) is 0 Å². The monoisotopic (exact) mass is 427 g/mol. The maximum Gasteiger partial charge on any atom is 0.239 e. The third-order valence-electron chi connectivity index (χ3n) is 4.29. The molecule has 7 nitrogen and oxygen atoms in total. The summed E-state index contributed by atoms with van der Waals surface area (Å²) < 4.78 is 54.4. The van der Waals surface area contributed by atoms with Crippen molar-refractivity contribution in [3.8, 4) is 0 Å². The van der Waals surface area contributed by atoms with Crippen LogP contribution < -0.4 is 5.73 Å². The second-order valence-electron chi connectivity index (χ2n) is 6.42. The standard InChI is InChI=1S/C17H16ClF2N5O2S/c1-17(9-28(26,27)25(2)16(21)24-17)11-5-10(3-4-12(11)19)6-13(20)14-7-23-15(18)8-22-14/h3-8H,9H2,1-2H3,(H2,21,24)/b13-6-/t17-/m0/s1. The molecule has 28 heavy (non-hydrogen) atoms. The molecule has 0 saturated heterocycles. The molecule has 1 atom stereocenters. The lowest BCUT2D eigenvalue weighted by atomic mass is 9.92. The molecule has 0 fully saturated rings. The average molecular weight is 428 g/mol. The van der Waals surface area contributed by atoms with Crippen LogP contribution in [0.25, 0.3) is 11.9 Å². The first kappa shape index (κ1) is 20.2. The van der Waals surface area contributed by atoms with Gasteiger partial charge in [0.05, 0.1) is 18.1 Å². The van der Waals surface area contributed by atoms with Crippen molar-refractivity contribution in [1.82, 2.24) is 14.3 Å². The number of guanidine groups is 1. The molecular weight excluding hydrogens is 412 g/mol. The van der Waals surface area contributed by atoms with Gasteiger partial charge in [-0.1, -0.05) is 17.7 Å². The van der Waals surface area contributed by atoms with Gasteiger partial charge in [-0.05, 0) is 30.7 Å². The van der Waals surface area contributed by atoms with Crippen LogP contribution in [0.15, 0.2) is 35.6 Å². The highest BCUT2D eigenvalue weighted by atomic mass is 35.5. The molecule has 1 aliphatic rings. The summed E-state index contributed by atoms with van der Waals surface area (Å²) >= 11 is 5.63. The minimum atomic E-state index is -3.78. The van der Waals surface area contributed by atoms with Crippen molar-refractivity contribution < 1.29 is 17.2 Å². The number of aromatic nitrogens is 2. The van der Waals surface area contributed by atoms with E-state index in [1.807, 2.05) is 0 Å². The number of hydrogen-bond donors (Lipinski definition) is 1. The molecule has 1 aromatic heterocycles. The predicted molar refractivity (Wildman–Crippen MR) is 103 cm³/mol.